The molecule has 6 rings (SSSR count). The predicted octanol–water partition coefficient (Wildman–Crippen LogP) is 5.92. The Morgan fingerprint density at radius 3 is 2.53 bits per heavy atom. The van der Waals surface area contributed by atoms with Crippen LogP contribution in [0.3, 0.4) is 0 Å². The van der Waals surface area contributed by atoms with E-state index in [1.54, 1.807) is 0 Å². The van der Waals surface area contributed by atoms with Crippen molar-refractivity contribution in [1.29, 1.82) is 0 Å². The van der Waals surface area contributed by atoms with E-state index >= 15 is 0 Å². The highest BCUT2D eigenvalue weighted by Gasteiger charge is 2.21. The molecule has 1 aliphatic heterocycles. The van der Waals surface area contributed by atoms with Crippen molar-refractivity contribution >= 4 is 29.3 Å². The summed E-state index contributed by atoms with van der Waals surface area (Å²) in [5.74, 6) is 1.90. The second kappa shape index (κ2) is 7.44. The van der Waals surface area contributed by atoms with Crippen molar-refractivity contribution < 1.29 is 0 Å². The van der Waals surface area contributed by atoms with E-state index in [4.69, 9.17) is 9.97 Å². The Balaban J connectivity index is 0.00000193. The van der Waals surface area contributed by atoms with E-state index in [-0.39, 0.29) is 12.4 Å². The van der Waals surface area contributed by atoms with Crippen LogP contribution in [0.5, 0.6) is 0 Å². The van der Waals surface area contributed by atoms with Crippen molar-refractivity contribution in [2.45, 2.75) is 32.6 Å². The molecular formula is C25H25ClN4. The van der Waals surface area contributed by atoms with Gasteiger partial charge in [-0.3, -0.25) is 0 Å². The van der Waals surface area contributed by atoms with E-state index in [9.17, 15) is 0 Å². The van der Waals surface area contributed by atoms with Crippen LogP contribution in [-0.2, 0) is 6.42 Å². The number of halogens is 1. The summed E-state index contributed by atoms with van der Waals surface area (Å²) in [7, 11) is 0. The SMILES string of the molecule is Cc1nc(N2CCCCC2)c2[nH]c(-c3ccc4c(c3)Cc3ccccc3-4)cc2n1.Cl. The van der Waals surface area contributed by atoms with Gasteiger partial charge in [0.15, 0.2) is 5.82 Å². The highest BCUT2D eigenvalue weighted by molar-refractivity contribution is 5.91. The van der Waals surface area contributed by atoms with E-state index < -0.39 is 0 Å². The standard InChI is InChI=1S/C25H24N4.ClH/c1-16-26-23-15-22(28-24(23)25(27-16)29-11-5-2-6-12-29)18-9-10-21-19(14-18)13-17-7-3-4-8-20(17)21;/h3-4,7-10,14-15,28H,2,5-6,11-13H2,1H3;1H. The molecule has 2 aliphatic rings. The number of piperidine rings is 1. The molecule has 1 fully saturated rings. The van der Waals surface area contributed by atoms with Gasteiger partial charge < -0.3 is 9.88 Å². The second-order valence-corrected chi connectivity index (χ2v) is 8.29. The van der Waals surface area contributed by atoms with Gasteiger partial charge in [-0.2, -0.15) is 0 Å². The minimum Gasteiger partial charge on any atom is -0.355 e. The molecule has 0 radical (unpaired) electrons. The maximum Gasteiger partial charge on any atom is 0.156 e. The third kappa shape index (κ3) is 3.07. The summed E-state index contributed by atoms with van der Waals surface area (Å²) in [5, 5.41) is 0. The molecule has 0 unspecified atom stereocenters. The second-order valence-electron chi connectivity index (χ2n) is 8.29. The molecule has 30 heavy (non-hydrogen) atoms. The van der Waals surface area contributed by atoms with Crippen LogP contribution in [0.2, 0.25) is 0 Å². The van der Waals surface area contributed by atoms with Gasteiger partial charge in [0, 0.05) is 18.8 Å². The first kappa shape index (κ1) is 19.1. The Morgan fingerprint density at radius 1 is 0.867 bits per heavy atom. The normalized spacial score (nSPS) is 15.0. The first-order valence-electron chi connectivity index (χ1n) is 10.6. The highest BCUT2D eigenvalue weighted by atomic mass is 35.5. The van der Waals surface area contributed by atoms with Gasteiger partial charge in [0.05, 0.1) is 5.52 Å². The molecule has 4 aromatic rings. The number of nitrogens with one attached hydrogen (secondary N) is 1. The van der Waals surface area contributed by atoms with Crippen molar-refractivity contribution in [2.24, 2.45) is 0 Å². The molecule has 5 heteroatoms. The fourth-order valence-corrected chi connectivity index (χ4v) is 4.91. The Hall–Kier alpha value is -2.85. The number of hydrogen-bond acceptors (Lipinski definition) is 3. The smallest absolute Gasteiger partial charge is 0.156 e. The topological polar surface area (TPSA) is 44.8 Å². The number of aryl methyl sites for hydroxylation is 1. The predicted molar refractivity (Wildman–Crippen MR) is 126 cm³/mol. The summed E-state index contributed by atoms with van der Waals surface area (Å²) < 4.78 is 0. The highest BCUT2D eigenvalue weighted by Crippen LogP contribution is 2.39. The van der Waals surface area contributed by atoms with Crippen molar-refractivity contribution in [3.8, 4) is 22.4 Å². The summed E-state index contributed by atoms with van der Waals surface area (Å²) in [6, 6.07) is 17.7. The molecule has 1 saturated heterocycles. The lowest BCUT2D eigenvalue weighted by molar-refractivity contribution is 0.574. The Bertz CT molecular complexity index is 1240. The van der Waals surface area contributed by atoms with E-state index in [2.05, 4.69) is 58.4 Å². The Morgan fingerprint density at radius 2 is 1.67 bits per heavy atom. The zero-order chi connectivity index (χ0) is 19.4. The van der Waals surface area contributed by atoms with Gasteiger partial charge in [-0.1, -0.05) is 36.4 Å². The molecule has 1 N–H and O–H groups in total. The summed E-state index contributed by atoms with van der Waals surface area (Å²) in [5.41, 5.74) is 9.98. The molecule has 3 heterocycles. The lowest BCUT2D eigenvalue weighted by atomic mass is 10.0. The van der Waals surface area contributed by atoms with Crippen LogP contribution in [0, 0.1) is 6.92 Å². The van der Waals surface area contributed by atoms with Crippen molar-refractivity contribution in [3.63, 3.8) is 0 Å². The third-order valence-corrected chi connectivity index (χ3v) is 6.33. The van der Waals surface area contributed by atoms with E-state index in [0.29, 0.717) is 0 Å². The molecule has 0 bridgehead atoms. The van der Waals surface area contributed by atoms with Gasteiger partial charge in [0.25, 0.3) is 0 Å². The average Bonchev–Trinajstić information content (AvgIpc) is 3.34. The Kier molecular flexibility index (Phi) is 4.75. The number of hydrogen-bond donors (Lipinski definition) is 1. The molecule has 0 amide bonds. The molecule has 1 aliphatic carbocycles. The molecule has 4 nitrogen and oxygen atoms in total. The summed E-state index contributed by atoms with van der Waals surface area (Å²) in [6.45, 7) is 4.15. The summed E-state index contributed by atoms with van der Waals surface area (Å²) >= 11 is 0. The molecule has 0 saturated carbocycles. The van der Waals surface area contributed by atoms with E-state index in [1.807, 2.05) is 6.92 Å². The van der Waals surface area contributed by atoms with Gasteiger partial charge in [-0.25, -0.2) is 9.97 Å². The van der Waals surface area contributed by atoms with Crippen LogP contribution in [0.4, 0.5) is 5.82 Å². The number of aromatic amines is 1. The van der Waals surface area contributed by atoms with Crippen LogP contribution in [0.15, 0.2) is 48.5 Å². The minimum absolute atomic E-state index is 0. The van der Waals surface area contributed by atoms with Crippen LogP contribution >= 0.6 is 12.4 Å². The average molecular weight is 417 g/mol. The number of aromatic nitrogens is 3. The number of rotatable bonds is 2. The molecule has 0 atom stereocenters. The number of fused-ring (bicyclic) bond motifs is 4. The van der Waals surface area contributed by atoms with E-state index in [1.165, 1.54) is 47.1 Å². The summed E-state index contributed by atoms with van der Waals surface area (Å²) in [6.07, 6.45) is 4.81. The first-order chi connectivity index (χ1) is 14.3. The van der Waals surface area contributed by atoms with E-state index in [0.717, 1.165) is 47.9 Å². The zero-order valence-electron chi connectivity index (χ0n) is 17.1. The Labute approximate surface area is 182 Å². The van der Waals surface area contributed by atoms with Crippen molar-refractivity contribution in [3.05, 3.63) is 65.5 Å². The van der Waals surface area contributed by atoms with Gasteiger partial charge in [-0.05, 0) is 72.6 Å². The summed E-state index contributed by atoms with van der Waals surface area (Å²) in [4.78, 5) is 15.6. The largest absolute Gasteiger partial charge is 0.355 e. The lowest BCUT2D eigenvalue weighted by Gasteiger charge is -2.28. The van der Waals surface area contributed by atoms with Crippen molar-refractivity contribution in [1.82, 2.24) is 15.0 Å². The number of anilines is 1. The van der Waals surface area contributed by atoms with Crippen LogP contribution in [-0.4, -0.2) is 28.0 Å². The van der Waals surface area contributed by atoms with Crippen LogP contribution in [0.1, 0.15) is 36.2 Å². The van der Waals surface area contributed by atoms with Crippen molar-refractivity contribution in [2.75, 3.05) is 18.0 Å². The lowest BCUT2D eigenvalue weighted by Crippen LogP contribution is -2.30. The molecule has 2 aromatic carbocycles. The van der Waals surface area contributed by atoms with Crippen LogP contribution < -0.4 is 4.90 Å². The van der Waals surface area contributed by atoms with Crippen LogP contribution in [0.25, 0.3) is 33.4 Å². The third-order valence-electron chi connectivity index (χ3n) is 6.33. The molecule has 0 spiro atoms. The zero-order valence-corrected chi connectivity index (χ0v) is 17.9. The molecule has 152 valence electrons. The number of H-pyrrole nitrogens is 1. The maximum atomic E-state index is 4.80. The van der Waals surface area contributed by atoms with Gasteiger partial charge in [-0.15, -0.1) is 12.4 Å². The monoisotopic (exact) mass is 416 g/mol. The number of benzene rings is 2. The van der Waals surface area contributed by atoms with Gasteiger partial charge >= 0.3 is 0 Å². The maximum absolute atomic E-state index is 4.80. The van der Waals surface area contributed by atoms with Gasteiger partial charge in [0.2, 0.25) is 0 Å². The molecular weight excluding hydrogens is 392 g/mol. The molecule has 2 aromatic heterocycles. The fourth-order valence-electron chi connectivity index (χ4n) is 4.91. The first-order valence-corrected chi connectivity index (χ1v) is 10.6. The van der Waals surface area contributed by atoms with Gasteiger partial charge in [0.1, 0.15) is 11.3 Å². The fraction of sp³-hybridized carbons (Fsp3) is 0.280. The number of nitrogens with zero attached hydrogens (tertiary/aromatic N) is 3. The minimum atomic E-state index is 0. The quantitative estimate of drug-likeness (QED) is 0.388.